The smallest absolute Gasteiger partial charge is 0.251 e. The molecule has 0 saturated carbocycles. The zero-order valence-electron chi connectivity index (χ0n) is 11.2. The van der Waals surface area contributed by atoms with Gasteiger partial charge in [0.1, 0.15) is 5.75 Å². The van der Waals surface area contributed by atoms with Crippen LogP contribution in [0.15, 0.2) is 18.2 Å². The van der Waals surface area contributed by atoms with Crippen LogP contribution in [0.3, 0.4) is 0 Å². The maximum atomic E-state index is 11.9. The van der Waals surface area contributed by atoms with Gasteiger partial charge in [0.25, 0.3) is 5.91 Å². The van der Waals surface area contributed by atoms with E-state index in [0.29, 0.717) is 23.5 Å². The minimum atomic E-state index is -0.119. The summed E-state index contributed by atoms with van der Waals surface area (Å²) in [5, 5.41) is 2.90. The molecule has 1 amide bonds. The van der Waals surface area contributed by atoms with Crippen LogP contribution in [0.1, 0.15) is 24.2 Å². The fraction of sp³-hybridized carbons (Fsp3) is 0.462. The van der Waals surface area contributed by atoms with Crippen LogP contribution >= 0.6 is 11.8 Å². The van der Waals surface area contributed by atoms with Crippen molar-refractivity contribution < 1.29 is 9.53 Å². The molecule has 4 nitrogen and oxygen atoms in total. The van der Waals surface area contributed by atoms with Gasteiger partial charge in [-0.1, -0.05) is 0 Å². The summed E-state index contributed by atoms with van der Waals surface area (Å²) in [6.07, 6.45) is 2.03. The molecule has 0 unspecified atom stereocenters. The van der Waals surface area contributed by atoms with E-state index in [1.54, 1.807) is 37.1 Å². The highest BCUT2D eigenvalue weighted by Gasteiger charge is 2.17. The van der Waals surface area contributed by atoms with E-state index < -0.39 is 0 Å². The molecule has 0 heterocycles. The number of amides is 1. The van der Waals surface area contributed by atoms with Gasteiger partial charge in [0, 0.05) is 16.9 Å². The highest BCUT2D eigenvalue weighted by atomic mass is 32.2. The Morgan fingerprint density at radius 1 is 1.50 bits per heavy atom. The molecule has 5 heteroatoms. The summed E-state index contributed by atoms with van der Waals surface area (Å²) in [7, 11) is 1.55. The van der Waals surface area contributed by atoms with Crippen LogP contribution < -0.4 is 15.8 Å². The molecule has 0 spiro atoms. The number of ether oxygens (including phenoxy) is 1. The number of nitrogen functional groups attached to an aromatic ring is 1. The van der Waals surface area contributed by atoms with Crippen molar-refractivity contribution in [3.05, 3.63) is 23.8 Å². The molecule has 0 saturated heterocycles. The summed E-state index contributed by atoms with van der Waals surface area (Å²) >= 11 is 1.71. The Morgan fingerprint density at radius 3 is 2.67 bits per heavy atom. The molecule has 100 valence electrons. The number of nitrogens with two attached hydrogens (primary N) is 1. The Balaban J connectivity index is 2.71. The second-order valence-corrected chi connectivity index (χ2v) is 6.12. The molecule has 0 aliphatic carbocycles. The normalized spacial score (nSPS) is 11.1. The van der Waals surface area contributed by atoms with E-state index in [4.69, 9.17) is 10.5 Å². The third kappa shape index (κ3) is 3.84. The highest BCUT2D eigenvalue weighted by Crippen LogP contribution is 2.22. The van der Waals surface area contributed by atoms with E-state index in [2.05, 4.69) is 19.2 Å². The van der Waals surface area contributed by atoms with Gasteiger partial charge in [-0.25, -0.2) is 0 Å². The van der Waals surface area contributed by atoms with E-state index in [1.165, 1.54) is 0 Å². The van der Waals surface area contributed by atoms with Crippen LogP contribution in [0.4, 0.5) is 5.69 Å². The van der Waals surface area contributed by atoms with Crippen LogP contribution in [0, 0.1) is 0 Å². The van der Waals surface area contributed by atoms with Gasteiger partial charge >= 0.3 is 0 Å². The maximum Gasteiger partial charge on any atom is 0.251 e. The van der Waals surface area contributed by atoms with Crippen molar-refractivity contribution in [2.24, 2.45) is 0 Å². The Morgan fingerprint density at radius 2 is 2.17 bits per heavy atom. The molecule has 0 fully saturated rings. The number of rotatable bonds is 5. The van der Waals surface area contributed by atoms with Gasteiger partial charge in [0.05, 0.1) is 12.8 Å². The summed E-state index contributed by atoms with van der Waals surface area (Å²) in [6, 6.07) is 5.03. The molecule has 0 atom stereocenters. The Kier molecular flexibility index (Phi) is 4.90. The van der Waals surface area contributed by atoms with Crippen molar-refractivity contribution in [1.29, 1.82) is 0 Å². The van der Waals surface area contributed by atoms with Crippen LogP contribution in [-0.2, 0) is 0 Å². The molecule has 3 N–H and O–H groups in total. The van der Waals surface area contributed by atoms with Crippen LogP contribution in [-0.4, -0.2) is 30.6 Å². The molecule has 0 aromatic heterocycles. The maximum absolute atomic E-state index is 11.9. The summed E-state index contributed by atoms with van der Waals surface area (Å²) in [5.41, 5.74) is 6.78. The van der Waals surface area contributed by atoms with Gasteiger partial charge < -0.3 is 15.8 Å². The Labute approximate surface area is 112 Å². The SMILES string of the molecule is COc1ccc(C(=O)NCC(C)(C)SC)cc1N. The standard InChI is InChI=1S/C13H20N2O2S/c1-13(2,18-4)8-15-12(16)9-5-6-11(17-3)10(14)7-9/h5-7H,8,14H2,1-4H3,(H,15,16). The number of benzene rings is 1. The highest BCUT2D eigenvalue weighted by molar-refractivity contribution is 7.99. The Hall–Kier alpha value is -1.36. The van der Waals surface area contributed by atoms with Crippen LogP contribution in [0.2, 0.25) is 0 Å². The van der Waals surface area contributed by atoms with E-state index in [0.717, 1.165) is 0 Å². The average Bonchev–Trinajstić information content (AvgIpc) is 2.36. The molecule has 0 aliphatic rings. The predicted molar refractivity (Wildman–Crippen MR) is 77.3 cm³/mol. The van der Waals surface area contributed by atoms with Crippen molar-refractivity contribution in [2.45, 2.75) is 18.6 Å². The lowest BCUT2D eigenvalue weighted by Gasteiger charge is -2.22. The number of anilines is 1. The summed E-state index contributed by atoms with van der Waals surface area (Å²) in [5.74, 6) is 0.461. The van der Waals surface area contributed by atoms with Gasteiger partial charge in [0.2, 0.25) is 0 Å². The number of nitrogens with one attached hydrogen (secondary N) is 1. The molecular weight excluding hydrogens is 248 g/mol. The van der Waals surface area contributed by atoms with E-state index >= 15 is 0 Å². The number of thioether (sulfide) groups is 1. The average molecular weight is 268 g/mol. The fourth-order valence-electron chi connectivity index (χ4n) is 1.34. The molecule has 1 aromatic rings. The van der Waals surface area contributed by atoms with Crippen LogP contribution in [0.5, 0.6) is 5.75 Å². The zero-order valence-corrected chi connectivity index (χ0v) is 12.1. The second-order valence-electron chi connectivity index (χ2n) is 4.60. The van der Waals surface area contributed by atoms with Gasteiger partial charge in [-0.3, -0.25) is 4.79 Å². The summed E-state index contributed by atoms with van der Waals surface area (Å²) < 4.78 is 5.07. The lowest BCUT2D eigenvalue weighted by Crippen LogP contribution is -2.36. The molecule has 0 aliphatic heterocycles. The summed E-state index contributed by atoms with van der Waals surface area (Å²) in [4.78, 5) is 11.9. The van der Waals surface area contributed by atoms with E-state index in [9.17, 15) is 4.79 Å². The first kappa shape index (κ1) is 14.7. The topological polar surface area (TPSA) is 64.3 Å². The van der Waals surface area contributed by atoms with Crippen molar-refractivity contribution >= 4 is 23.4 Å². The number of methoxy groups -OCH3 is 1. The first-order chi connectivity index (χ1) is 8.39. The monoisotopic (exact) mass is 268 g/mol. The van der Waals surface area contributed by atoms with E-state index in [1.807, 2.05) is 6.26 Å². The van der Waals surface area contributed by atoms with Crippen molar-refractivity contribution in [3.8, 4) is 5.75 Å². The quantitative estimate of drug-likeness (QED) is 0.803. The first-order valence-corrected chi connectivity index (χ1v) is 6.89. The lowest BCUT2D eigenvalue weighted by molar-refractivity contribution is 0.0951. The van der Waals surface area contributed by atoms with Gasteiger partial charge in [0.15, 0.2) is 0 Å². The minimum Gasteiger partial charge on any atom is -0.495 e. The molecule has 0 bridgehead atoms. The van der Waals surface area contributed by atoms with Crippen molar-refractivity contribution in [1.82, 2.24) is 5.32 Å². The van der Waals surface area contributed by atoms with Crippen molar-refractivity contribution in [3.63, 3.8) is 0 Å². The number of hydrogen-bond donors (Lipinski definition) is 2. The molecule has 0 radical (unpaired) electrons. The van der Waals surface area contributed by atoms with Gasteiger partial charge in [-0.05, 0) is 38.3 Å². The second kappa shape index (κ2) is 6.00. The van der Waals surface area contributed by atoms with Gasteiger partial charge in [-0.15, -0.1) is 0 Å². The minimum absolute atomic E-state index is 0.0215. The predicted octanol–water partition coefficient (Wildman–Crippen LogP) is 2.15. The summed E-state index contributed by atoms with van der Waals surface area (Å²) in [6.45, 7) is 4.78. The molecule has 18 heavy (non-hydrogen) atoms. The Bertz CT molecular complexity index is 433. The largest absolute Gasteiger partial charge is 0.495 e. The lowest BCUT2D eigenvalue weighted by atomic mass is 10.1. The number of hydrogen-bond acceptors (Lipinski definition) is 4. The van der Waals surface area contributed by atoms with Crippen LogP contribution in [0.25, 0.3) is 0 Å². The van der Waals surface area contributed by atoms with Gasteiger partial charge in [-0.2, -0.15) is 11.8 Å². The first-order valence-electron chi connectivity index (χ1n) is 5.66. The molecular formula is C13H20N2O2S. The zero-order chi connectivity index (χ0) is 13.8. The third-order valence-electron chi connectivity index (χ3n) is 2.72. The third-order valence-corrected chi connectivity index (χ3v) is 3.97. The fourth-order valence-corrected chi connectivity index (χ4v) is 1.56. The number of carbonyl (C=O) groups excluding carboxylic acids is 1. The van der Waals surface area contributed by atoms with E-state index in [-0.39, 0.29) is 10.7 Å². The number of carbonyl (C=O) groups is 1. The molecule has 1 rings (SSSR count). The molecule has 1 aromatic carbocycles. The van der Waals surface area contributed by atoms with Crippen molar-refractivity contribution in [2.75, 3.05) is 25.6 Å².